The first-order valence-electron chi connectivity index (χ1n) is 9.65. The predicted molar refractivity (Wildman–Crippen MR) is 101 cm³/mol. The maximum atomic E-state index is 10.6. The Labute approximate surface area is 143 Å². The van der Waals surface area contributed by atoms with E-state index in [9.17, 15) is 4.79 Å². The third kappa shape index (κ3) is 10.3. The lowest BCUT2D eigenvalue weighted by atomic mass is 9.91. The molecule has 0 N–H and O–H groups in total. The highest BCUT2D eigenvalue weighted by Gasteiger charge is 2.06. The summed E-state index contributed by atoms with van der Waals surface area (Å²) in [4.78, 5) is 10.6. The van der Waals surface area contributed by atoms with E-state index in [1.807, 2.05) is 30.3 Å². The van der Waals surface area contributed by atoms with Gasteiger partial charge in [0.05, 0.1) is 0 Å². The van der Waals surface area contributed by atoms with Crippen LogP contribution >= 0.6 is 0 Å². The smallest absolute Gasteiger partial charge is 0.159 e. The zero-order valence-electron chi connectivity index (χ0n) is 15.5. The van der Waals surface area contributed by atoms with Crippen LogP contribution in [0.2, 0.25) is 0 Å². The molecular weight excluding hydrogens is 280 g/mol. The molecule has 0 bridgehead atoms. The number of rotatable bonds is 1. The molecule has 0 aromatic heterocycles. The van der Waals surface area contributed by atoms with Crippen LogP contribution in [0, 0.1) is 11.8 Å². The van der Waals surface area contributed by atoms with Gasteiger partial charge in [-0.25, -0.2) is 0 Å². The maximum absolute atomic E-state index is 10.6. The van der Waals surface area contributed by atoms with E-state index in [1.54, 1.807) is 6.92 Å². The Morgan fingerprint density at radius 1 is 0.739 bits per heavy atom. The van der Waals surface area contributed by atoms with Gasteiger partial charge >= 0.3 is 0 Å². The second-order valence-corrected chi connectivity index (χ2v) is 7.41. The third-order valence-electron chi connectivity index (χ3n) is 4.97. The fourth-order valence-electron chi connectivity index (χ4n) is 3.29. The Balaban J connectivity index is 0.000000175. The zero-order valence-corrected chi connectivity index (χ0v) is 15.5. The van der Waals surface area contributed by atoms with Gasteiger partial charge in [-0.2, -0.15) is 0 Å². The average Bonchev–Trinajstić information content (AvgIpc) is 2.58. The summed E-state index contributed by atoms with van der Waals surface area (Å²) in [7, 11) is 0. The molecular formula is C22H36O. The summed E-state index contributed by atoms with van der Waals surface area (Å²) < 4.78 is 0. The molecule has 0 unspecified atom stereocenters. The monoisotopic (exact) mass is 316 g/mol. The summed E-state index contributed by atoms with van der Waals surface area (Å²) in [6, 6.07) is 9.23. The van der Waals surface area contributed by atoms with Gasteiger partial charge in [0.25, 0.3) is 0 Å². The molecule has 0 atom stereocenters. The van der Waals surface area contributed by atoms with Crippen molar-refractivity contribution in [3.05, 3.63) is 35.9 Å². The molecule has 1 heteroatoms. The summed E-state index contributed by atoms with van der Waals surface area (Å²) in [6.45, 7) is 6.29. The van der Waals surface area contributed by atoms with Crippen molar-refractivity contribution in [2.24, 2.45) is 11.8 Å². The van der Waals surface area contributed by atoms with Crippen LogP contribution in [-0.2, 0) is 0 Å². The van der Waals surface area contributed by atoms with Crippen LogP contribution in [0.3, 0.4) is 0 Å². The highest BCUT2D eigenvalue weighted by Crippen LogP contribution is 2.22. The van der Waals surface area contributed by atoms with Gasteiger partial charge in [-0.05, 0) is 18.8 Å². The highest BCUT2D eigenvalue weighted by molar-refractivity contribution is 5.93. The quantitative estimate of drug-likeness (QED) is 0.507. The van der Waals surface area contributed by atoms with Gasteiger partial charge in [-0.1, -0.05) is 108 Å². The molecule has 2 aliphatic rings. The van der Waals surface area contributed by atoms with E-state index in [1.165, 1.54) is 64.2 Å². The molecule has 1 aromatic carbocycles. The molecule has 1 aromatic rings. The van der Waals surface area contributed by atoms with Crippen molar-refractivity contribution in [1.29, 1.82) is 0 Å². The van der Waals surface area contributed by atoms with Gasteiger partial charge in [-0.3, -0.25) is 4.79 Å². The number of ketones is 1. The number of hydrogen-bond acceptors (Lipinski definition) is 1. The lowest BCUT2D eigenvalue weighted by Gasteiger charge is -2.15. The molecule has 130 valence electrons. The summed E-state index contributed by atoms with van der Waals surface area (Å²) in [6.07, 6.45) is 14.9. The van der Waals surface area contributed by atoms with Crippen molar-refractivity contribution in [3.8, 4) is 0 Å². The summed E-state index contributed by atoms with van der Waals surface area (Å²) >= 11 is 0. The van der Waals surface area contributed by atoms with E-state index in [0.29, 0.717) is 0 Å². The van der Waals surface area contributed by atoms with Gasteiger partial charge in [0.2, 0.25) is 0 Å². The molecule has 23 heavy (non-hydrogen) atoms. The van der Waals surface area contributed by atoms with E-state index in [2.05, 4.69) is 13.8 Å². The minimum absolute atomic E-state index is 0.121. The molecule has 0 aliphatic heterocycles. The van der Waals surface area contributed by atoms with E-state index >= 15 is 0 Å². The Kier molecular flexibility index (Phi) is 10.7. The number of hydrogen-bond donors (Lipinski definition) is 0. The van der Waals surface area contributed by atoms with Crippen LogP contribution in [0.25, 0.3) is 0 Å². The van der Waals surface area contributed by atoms with Gasteiger partial charge in [0.1, 0.15) is 0 Å². The van der Waals surface area contributed by atoms with E-state index in [-0.39, 0.29) is 5.78 Å². The SMILES string of the molecule is CC(=O)c1ccccc1.CC1CCCCC1.CC1CCCCC1. The first kappa shape index (κ1) is 19.9. The van der Waals surface area contributed by atoms with Crippen molar-refractivity contribution in [3.63, 3.8) is 0 Å². The topological polar surface area (TPSA) is 17.1 Å². The average molecular weight is 317 g/mol. The highest BCUT2D eigenvalue weighted by atomic mass is 16.1. The zero-order chi connectivity index (χ0) is 16.9. The van der Waals surface area contributed by atoms with Crippen LogP contribution < -0.4 is 0 Å². The molecule has 2 saturated carbocycles. The van der Waals surface area contributed by atoms with Crippen LogP contribution in [0.1, 0.15) is 95.3 Å². The molecule has 3 rings (SSSR count). The molecule has 2 aliphatic carbocycles. The Morgan fingerprint density at radius 3 is 1.35 bits per heavy atom. The van der Waals surface area contributed by atoms with Crippen molar-refractivity contribution in [2.45, 2.75) is 85.0 Å². The Bertz CT molecular complexity index is 381. The second-order valence-electron chi connectivity index (χ2n) is 7.41. The van der Waals surface area contributed by atoms with Crippen molar-refractivity contribution >= 4 is 5.78 Å². The van der Waals surface area contributed by atoms with E-state index < -0.39 is 0 Å². The first-order chi connectivity index (χ1) is 11.1. The normalized spacial score (nSPS) is 18.9. The van der Waals surface area contributed by atoms with Crippen LogP contribution in [-0.4, -0.2) is 5.78 Å². The largest absolute Gasteiger partial charge is 0.295 e. The lowest BCUT2D eigenvalue weighted by Crippen LogP contribution is -1.99. The summed E-state index contributed by atoms with van der Waals surface area (Å²) in [5.41, 5.74) is 0.775. The molecule has 0 radical (unpaired) electrons. The molecule has 0 heterocycles. The minimum Gasteiger partial charge on any atom is -0.295 e. The molecule has 2 fully saturated rings. The number of Topliss-reactive ketones (excluding diaryl/α,β-unsaturated/α-hetero) is 1. The van der Waals surface area contributed by atoms with Gasteiger partial charge < -0.3 is 0 Å². The summed E-state index contributed by atoms with van der Waals surface area (Å²) in [5, 5.41) is 0. The van der Waals surface area contributed by atoms with Crippen LogP contribution in [0.4, 0.5) is 0 Å². The molecule has 0 amide bonds. The van der Waals surface area contributed by atoms with Gasteiger partial charge in [0.15, 0.2) is 5.78 Å². The molecule has 0 spiro atoms. The minimum atomic E-state index is 0.121. The number of carbonyl (C=O) groups excluding carboxylic acids is 1. The fourth-order valence-corrected chi connectivity index (χ4v) is 3.29. The van der Waals surface area contributed by atoms with E-state index in [4.69, 9.17) is 0 Å². The van der Waals surface area contributed by atoms with Crippen molar-refractivity contribution < 1.29 is 4.79 Å². The third-order valence-corrected chi connectivity index (χ3v) is 4.97. The van der Waals surface area contributed by atoms with Gasteiger partial charge in [0, 0.05) is 5.56 Å². The summed E-state index contributed by atoms with van der Waals surface area (Å²) in [5.74, 6) is 2.19. The lowest BCUT2D eigenvalue weighted by molar-refractivity contribution is 0.101. The number of benzene rings is 1. The van der Waals surface area contributed by atoms with Crippen LogP contribution in [0.15, 0.2) is 30.3 Å². The van der Waals surface area contributed by atoms with Crippen LogP contribution in [0.5, 0.6) is 0 Å². The van der Waals surface area contributed by atoms with Gasteiger partial charge in [-0.15, -0.1) is 0 Å². The maximum Gasteiger partial charge on any atom is 0.159 e. The standard InChI is InChI=1S/C8H8O.2C7H14/c1-7(9)8-5-3-2-4-6-8;2*1-7-5-3-2-4-6-7/h2-6H,1H3;2*7H,2-6H2,1H3. The van der Waals surface area contributed by atoms with Crippen molar-refractivity contribution in [1.82, 2.24) is 0 Å². The fraction of sp³-hybridized carbons (Fsp3) is 0.682. The Hall–Kier alpha value is -1.11. The molecule has 0 saturated heterocycles. The first-order valence-corrected chi connectivity index (χ1v) is 9.65. The number of carbonyl (C=O) groups is 1. The van der Waals surface area contributed by atoms with E-state index in [0.717, 1.165) is 17.4 Å². The van der Waals surface area contributed by atoms with Crippen molar-refractivity contribution in [2.75, 3.05) is 0 Å². The molecule has 1 nitrogen and oxygen atoms in total. The second kappa shape index (κ2) is 12.3. The predicted octanol–water partition coefficient (Wildman–Crippen LogP) is 7.06. The Morgan fingerprint density at radius 2 is 1.13 bits per heavy atom.